The lowest BCUT2D eigenvalue weighted by molar-refractivity contribution is -0.132. The van der Waals surface area contributed by atoms with Crippen LogP contribution in [0.5, 0.6) is 5.75 Å². The van der Waals surface area contributed by atoms with Gasteiger partial charge in [0, 0.05) is 70.0 Å². The molecule has 5 rings (SSSR count). The van der Waals surface area contributed by atoms with Gasteiger partial charge < -0.3 is 30.5 Å². The van der Waals surface area contributed by atoms with E-state index in [9.17, 15) is 9.59 Å². The molecule has 2 bridgehead atoms. The van der Waals surface area contributed by atoms with Crippen molar-refractivity contribution in [1.82, 2.24) is 20.9 Å². The first-order valence-corrected chi connectivity index (χ1v) is 13.8. The predicted molar refractivity (Wildman–Crippen MR) is 149 cm³/mol. The van der Waals surface area contributed by atoms with E-state index in [0.29, 0.717) is 39.2 Å². The molecule has 8 heteroatoms. The van der Waals surface area contributed by atoms with Crippen molar-refractivity contribution < 1.29 is 14.3 Å². The summed E-state index contributed by atoms with van der Waals surface area (Å²) in [5, 5.41) is 9.81. The number of nitrogens with one attached hydrogen (secondary N) is 3. The van der Waals surface area contributed by atoms with Crippen LogP contribution in [0.4, 0.5) is 5.69 Å². The van der Waals surface area contributed by atoms with E-state index in [4.69, 9.17) is 4.74 Å². The van der Waals surface area contributed by atoms with E-state index in [1.165, 1.54) is 5.69 Å². The van der Waals surface area contributed by atoms with Crippen LogP contribution in [0.15, 0.2) is 60.7 Å². The number of hydrogen-bond acceptors (Lipinski definition) is 6. The second kappa shape index (κ2) is 12.9. The van der Waals surface area contributed by atoms with Gasteiger partial charge in [0.1, 0.15) is 12.4 Å². The van der Waals surface area contributed by atoms with Crippen LogP contribution in [-0.4, -0.2) is 69.1 Å². The fraction of sp³-hybridized carbons (Fsp3) is 0.467. The number of fused-ring (bicyclic) bond motifs is 3. The predicted octanol–water partition coefficient (Wildman–Crippen LogP) is 2.31. The molecule has 0 spiro atoms. The standard InChI is InChI=1S/C30H39N5O3/c36-29(33-19-23-5-2-1-3-6-23)18-24-10-13-35-22-25(24)7-4-16-38-28-9-8-27(34-14-11-31-12-15-34)17-26(28)20-32-21-30(35)37/h1-9,17,24-25,31-32H,10-16,18-22H2,(H,33,36)/b7-4-/t24-,25-/m0/s1. The first-order chi connectivity index (χ1) is 18.7. The number of piperidine rings is 1. The highest BCUT2D eigenvalue weighted by Crippen LogP contribution is 2.29. The maximum atomic E-state index is 13.1. The summed E-state index contributed by atoms with van der Waals surface area (Å²) < 4.78 is 6.18. The lowest BCUT2D eigenvalue weighted by Crippen LogP contribution is -2.47. The number of anilines is 1. The molecule has 3 N–H and O–H groups in total. The molecule has 3 aliphatic rings. The van der Waals surface area contributed by atoms with Crippen LogP contribution in [0.25, 0.3) is 0 Å². The van der Waals surface area contributed by atoms with E-state index >= 15 is 0 Å². The fourth-order valence-corrected chi connectivity index (χ4v) is 5.58. The van der Waals surface area contributed by atoms with Gasteiger partial charge in [-0.1, -0.05) is 42.5 Å². The lowest BCUT2D eigenvalue weighted by Gasteiger charge is -2.37. The third-order valence-electron chi connectivity index (χ3n) is 7.78. The highest BCUT2D eigenvalue weighted by atomic mass is 16.5. The van der Waals surface area contributed by atoms with Crippen molar-refractivity contribution in [3.05, 3.63) is 71.8 Å². The minimum Gasteiger partial charge on any atom is -0.489 e. The van der Waals surface area contributed by atoms with Crippen molar-refractivity contribution >= 4 is 17.5 Å². The average Bonchev–Trinajstić information content (AvgIpc) is 2.97. The third kappa shape index (κ3) is 6.94. The Kier molecular flexibility index (Phi) is 8.94. The number of hydrogen-bond donors (Lipinski definition) is 3. The molecule has 38 heavy (non-hydrogen) atoms. The Morgan fingerprint density at radius 3 is 2.68 bits per heavy atom. The van der Waals surface area contributed by atoms with Crippen molar-refractivity contribution in [3.8, 4) is 5.75 Å². The molecule has 3 aliphatic heterocycles. The van der Waals surface area contributed by atoms with Gasteiger partial charge in [-0.25, -0.2) is 0 Å². The summed E-state index contributed by atoms with van der Waals surface area (Å²) in [5.74, 6) is 1.32. The molecule has 2 aromatic rings. The normalized spacial score (nSPS) is 23.2. The lowest BCUT2D eigenvalue weighted by atomic mass is 9.82. The molecule has 2 fully saturated rings. The molecular formula is C30H39N5O3. The number of nitrogens with zero attached hydrogens (tertiary/aromatic N) is 2. The van der Waals surface area contributed by atoms with Crippen molar-refractivity contribution in [2.75, 3.05) is 57.3 Å². The molecule has 8 nitrogen and oxygen atoms in total. The van der Waals surface area contributed by atoms with Gasteiger partial charge in [0.2, 0.25) is 11.8 Å². The highest BCUT2D eigenvalue weighted by Gasteiger charge is 2.31. The first-order valence-electron chi connectivity index (χ1n) is 13.8. The molecule has 3 heterocycles. The second-order valence-corrected chi connectivity index (χ2v) is 10.4. The van der Waals surface area contributed by atoms with Crippen LogP contribution in [-0.2, 0) is 22.7 Å². The van der Waals surface area contributed by atoms with Gasteiger partial charge in [-0.2, -0.15) is 0 Å². The number of rotatable bonds is 5. The zero-order chi connectivity index (χ0) is 26.2. The van der Waals surface area contributed by atoms with Crippen molar-refractivity contribution in [2.45, 2.75) is 25.9 Å². The monoisotopic (exact) mass is 517 g/mol. The number of carbonyl (C=O) groups is 2. The van der Waals surface area contributed by atoms with Crippen LogP contribution in [0.3, 0.4) is 0 Å². The van der Waals surface area contributed by atoms with Gasteiger partial charge >= 0.3 is 0 Å². The van der Waals surface area contributed by atoms with Crippen LogP contribution < -0.4 is 25.6 Å². The molecule has 0 aliphatic carbocycles. The minimum absolute atomic E-state index is 0.0575. The van der Waals surface area contributed by atoms with Gasteiger partial charge in [-0.15, -0.1) is 0 Å². The van der Waals surface area contributed by atoms with E-state index in [1.54, 1.807) is 0 Å². The van der Waals surface area contributed by atoms with Crippen LogP contribution in [0, 0.1) is 11.8 Å². The maximum Gasteiger partial charge on any atom is 0.236 e. The average molecular weight is 518 g/mol. The number of carbonyl (C=O) groups excluding carboxylic acids is 2. The first kappa shape index (κ1) is 26.3. The Labute approximate surface area is 225 Å². The SMILES string of the molecule is O=C(C[C@@H]1CCN2C[C@@H]1/C=C\COc1ccc(N3CCNCC3)cc1CNCC2=O)NCc1ccccc1. The summed E-state index contributed by atoms with van der Waals surface area (Å²) in [6.45, 7) is 7.10. The van der Waals surface area contributed by atoms with Gasteiger partial charge in [0.15, 0.2) is 0 Å². The largest absolute Gasteiger partial charge is 0.489 e. The van der Waals surface area contributed by atoms with E-state index in [2.05, 4.69) is 39.1 Å². The molecule has 2 saturated heterocycles. The summed E-state index contributed by atoms with van der Waals surface area (Å²) >= 11 is 0. The maximum absolute atomic E-state index is 13.1. The number of amides is 2. The van der Waals surface area contributed by atoms with E-state index < -0.39 is 0 Å². The second-order valence-electron chi connectivity index (χ2n) is 10.4. The topological polar surface area (TPSA) is 85.9 Å². The fourth-order valence-electron chi connectivity index (χ4n) is 5.58. The Morgan fingerprint density at radius 2 is 1.84 bits per heavy atom. The van der Waals surface area contributed by atoms with E-state index in [0.717, 1.165) is 49.5 Å². The molecule has 202 valence electrons. The van der Waals surface area contributed by atoms with Crippen LogP contribution >= 0.6 is 0 Å². The molecule has 2 aromatic carbocycles. The zero-order valence-corrected chi connectivity index (χ0v) is 22.0. The van der Waals surface area contributed by atoms with Gasteiger partial charge in [-0.3, -0.25) is 9.59 Å². The minimum atomic E-state index is 0.0575. The van der Waals surface area contributed by atoms with E-state index in [1.807, 2.05) is 47.4 Å². The van der Waals surface area contributed by atoms with Crippen molar-refractivity contribution in [1.29, 1.82) is 0 Å². The number of piperazine rings is 1. The molecule has 0 aromatic heterocycles. The Hall–Kier alpha value is -3.36. The molecule has 0 saturated carbocycles. The summed E-state index contributed by atoms with van der Waals surface area (Å²) in [7, 11) is 0. The number of ether oxygens (including phenoxy) is 1. The molecule has 0 unspecified atom stereocenters. The van der Waals surface area contributed by atoms with Crippen LogP contribution in [0.2, 0.25) is 0 Å². The molecule has 2 atom stereocenters. The Balaban J connectivity index is 1.24. The smallest absolute Gasteiger partial charge is 0.236 e. The van der Waals surface area contributed by atoms with Crippen molar-refractivity contribution in [2.24, 2.45) is 11.8 Å². The summed E-state index contributed by atoms with van der Waals surface area (Å²) in [6, 6.07) is 16.3. The highest BCUT2D eigenvalue weighted by molar-refractivity contribution is 5.79. The summed E-state index contributed by atoms with van der Waals surface area (Å²) in [5.41, 5.74) is 3.34. The van der Waals surface area contributed by atoms with Crippen LogP contribution in [0.1, 0.15) is 24.0 Å². The zero-order valence-electron chi connectivity index (χ0n) is 22.0. The van der Waals surface area contributed by atoms with Gasteiger partial charge in [0.25, 0.3) is 0 Å². The van der Waals surface area contributed by atoms with Gasteiger partial charge in [-0.05, 0) is 42.0 Å². The third-order valence-corrected chi connectivity index (χ3v) is 7.78. The van der Waals surface area contributed by atoms with E-state index in [-0.39, 0.29) is 30.2 Å². The Bertz CT molecular complexity index is 1120. The Morgan fingerprint density at radius 1 is 1.00 bits per heavy atom. The quantitative estimate of drug-likeness (QED) is 0.528. The summed E-state index contributed by atoms with van der Waals surface area (Å²) in [4.78, 5) is 30.1. The van der Waals surface area contributed by atoms with Crippen molar-refractivity contribution in [3.63, 3.8) is 0 Å². The molecule has 2 amide bonds. The summed E-state index contributed by atoms with van der Waals surface area (Å²) in [6.07, 6.45) is 5.47. The molecular weight excluding hydrogens is 478 g/mol. The number of benzene rings is 2. The molecule has 0 radical (unpaired) electrons. The van der Waals surface area contributed by atoms with Gasteiger partial charge in [0.05, 0.1) is 6.54 Å².